The van der Waals surface area contributed by atoms with E-state index in [0.29, 0.717) is 13.0 Å². The van der Waals surface area contributed by atoms with Crippen molar-refractivity contribution in [2.75, 3.05) is 18.4 Å². The third-order valence-corrected chi connectivity index (χ3v) is 4.39. The lowest BCUT2D eigenvalue weighted by Crippen LogP contribution is -2.26. The maximum absolute atomic E-state index is 11.8. The van der Waals surface area contributed by atoms with Gasteiger partial charge in [-0.25, -0.2) is 0 Å². The van der Waals surface area contributed by atoms with E-state index in [9.17, 15) is 4.79 Å². The lowest BCUT2D eigenvalue weighted by molar-refractivity contribution is -0.120. The smallest absolute Gasteiger partial charge is 0.221 e. The van der Waals surface area contributed by atoms with Gasteiger partial charge in [0.05, 0.1) is 0 Å². The summed E-state index contributed by atoms with van der Waals surface area (Å²) in [5, 5.41) is 6.26. The topological polar surface area (TPSA) is 41.1 Å². The van der Waals surface area contributed by atoms with Crippen LogP contribution in [0, 0.1) is 0 Å². The molecule has 0 unspecified atom stereocenters. The lowest BCUT2D eigenvalue weighted by atomic mass is 9.97. The van der Waals surface area contributed by atoms with E-state index < -0.39 is 0 Å². The molecule has 0 fully saturated rings. The van der Waals surface area contributed by atoms with Gasteiger partial charge in [0.25, 0.3) is 0 Å². The molecular weight excluding hydrogens is 328 g/mol. The van der Waals surface area contributed by atoms with Crippen LogP contribution in [0.5, 0.6) is 0 Å². The van der Waals surface area contributed by atoms with E-state index >= 15 is 0 Å². The molecule has 2 N–H and O–H groups in total. The van der Waals surface area contributed by atoms with Crippen molar-refractivity contribution in [3.8, 4) is 0 Å². The number of allylic oxidation sites excluding steroid dienone is 1. The summed E-state index contributed by atoms with van der Waals surface area (Å²) in [4.78, 5) is 11.8. The summed E-state index contributed by atoms with van der Waals surface area (Å²) in [6, 6.07) is 7.94. The SMILES string of the molecule is O=C(CCNc1ccccc1Br)NCCC1=CCCCC1. The number of halogens is 1. The van der Waals surface area contributed by atoms with E-state index in [2.05, 4.69) is 32.6 Å². The molecule has 0 saturated carbocycles. The molecule has 0 heterocycles. The average Bonchev–Trinajstić information content (AvgIpc) is 2.50. The monoisotopic (exact) mass is 350 g/mol. The van der Waals surface area contributed by atoms with Gasteiger partial charge in [0.1, 0.15) is 0 Å². The van der Waals surface area contributed by atoms with Crippen LogP contribution in [0.15, 0.2) is 40.4 Å². The first-order valence-electron chi connectivity index (χ1n) is 7.69. The first-order valence-corrected chi connectivity index (χ1v) is 8.48. The number of amides is 1. The highest BCUT2D eigenvalue weighted by molar-refractivity contribution is 9.10. The molecule has 0 aliphatic heterocycles. The predicted octanol–water partition coefficient (Wildman–Crippen LogP) is 4.26. The first kappa shape index (κ1) is 16.1. The molecule has 1 aromatic carbocycles. The summed E-state index contributed by atoms with van der Waals surface area (Å²) in [5.74, 6) is 0.117. The molecule has 1 amide bonds. The zero-order valence-electron chi connectivity index (χ0n) is 12.3. The minimum atomic E-state index is 0.117. The van der Waals surface area contributed by atoms with Gasteiger partial charge in [-0.05, 0) is 60.2 Å². The molecule has 0 aromatic heterocycles. The number of hydrogen-bond donors (Lipinski definition) is 2. The number of carbonyl (C=O) groups is 1. The van der Waals surface area contributed by atoms with Crippen molar-refractivity contribution in [2.45, 2.75) is 38.5 Å². The minimum absolute atomic E-state index is 0.117. The number of carbonyl (C=O) groups excluding carboxylic acids is 1. The number of anilines is 1. The van der Waals surface area contributed by atoms with Crippen molar-refractivity contribution in [2.24, 2.45) is 0 Å². The number of hydrogen-bond acceptors (Lipinski definition) is 2. The van der Waals surface area contributed by atoms with Crippen LogP contribution < -0.4 is 10.6 Å². The van der Waals surface area contributed by atoms with Gasteiger partial charge in [-0.2, -0.15) is 0 Å². The fourth-order valence-corrected chi connectivity index (χ4v) is 2.92. The molecule has 21 heavy (non-hydrogen) atoms. The highest BCUT2D eigenvalue weighted by atomic mass is 79.9. The van der Waals surface area contributed by atoms with Gasteiger partial charge < -0.3 is 10.6 Å². The van der Waals surface area contributed by atoms with Crippen LogP contribution in [0.1, 0.15) is 38.5 Å². The quantitative estimate of drug-likeness (QED) is 0.721. The molecule has 0 radical (unpaired) electrons. The highest BCUT2D eigenvalue weighted by Gasteiger charge is 2.05. The molecule has 2 rings (SSSR count). The summed E-state index contributed by atoms with van der Waals surface area (Å²) in [5.41, 5.74) is 2.53. The van der Waals surface area contributed by atoms with Gasteiger partial charge >= 0.3 is 0 Å². The fraction of sp³-hybridized carbons (Fsp3) is 0.471. The maximum Gasteiger partial charge on any atom is 0.221 e. The summed E-state index contributed by atoms with van der Waals surface area (Å²) in [6.45, 7) is 1.41. The van der Waals surface area contributed by atoms with Crippen LogP contribution in [0.25, 0.3) is 0 Å². The Bertz CT molecular complexity index is 499. The first-order chi connectivity index (χ1) is 10.3. The van der Waals surface area contributed by atoms with Gasteiger partial charge in [-0.1, -0.05) is 23.8 Å². The Morgan fingerprint density at radius 1 is 1.19 bits per heavy atom. The maximum atomic E-state index is 11.8. The predicted molar refractivity (Wildman–Crippen MR) is 91.4 cm³/mol. The Labute approximate surface area is 135 Å². The summed E-state index contributed by atoms with van der Waals surface area (Å²) in [6.07, 6.45) is 8.87. The number of benzene rings is 1. The molecule has 0 saturated heterocycles. The molecule has 0 bridgehead atoms. The van der Waals surface area contributed by atoms with Crippen molar-refractivity contribution < 1.29 is 4.79 Å². The second-order valence-corrected chi connectivity index (χ2v) is 6.22. The van der Waals surface area contributed by atoms with Crippen molar-refractivity contribution in [3.05, 3.63) is 40.4 Å². The third kappa shape index (κ3) is 5.92. The normalized spacial score (nSPS) is 14.4. The highest BCUT2D eigenvalue weighted by Crippen LogP contribution is 2.21. The molecule has 4 heteroatoms. The minimum Gasteiger partial charge on any atom is -0.384 e. The van der Waals surface area contributed by atoms with Gasteiger partial charge in [-0.15, -0.1) is 0 Å². The van der Waals surface area contributed by atoms with Crippen LogP contribution >= 0.6 is 15.9 Å². The molecule has 3 nitrogen and oxygen atoms in total. The van der Waals surface area contributed by atoms with E-state index in [4.69, 9.17) is 0 Å². The molecule has 1 aliphatic carbocycles. The Kier molecular flexibility index (Phi) is 6.80. The Morgan fingerprint density at radius 2 is 2.05 bits per heavy atom. The van der Waals surface area contributed by atoms with Gasteiger partial charge in [0.2, 0.25) is 5.91 Å². The third-order valence-electron chi connectivity index (χ3n) is 3.69. The fourth-order valence-electron chi connectivity index (χ4n) is 2.50. The van der Waals surface area contributed by atoms with Crippen LogP contribution in [0.4, 0.5) is 5.69 Å². The van der Waals surface area contributed by atoms with Crippen LogP contribution in [0.2, 0.25) is 0 Å². The molecule has 0 atom stereocenters. The van der Waals surface area contributed by atoms with E-state index in [-0.39, 0.29) is 5.91 Å². The standard InChI is InChI=1S/C17H23BrN2O/c18-15-8-4-5-9-16(15)19-13-11-17(21)20-12-10-14-6-2-1-3-7-14/h4-6,8-9,19H,1-3,7,10-13H2,(H,20,21). The number of nitrogens with one attached hydrogen (secondary N) is 2. The van der Waals surface area contributed by atoms with Crippen molar-refractivity contribution >= 4 is 27.5 Å². The van der Waals surface area contributed by atoms with Gasteiger partial charge in [0, 0.05) is 29.7 Å². The van der Waals surface area contributed by atoms with Gasteiger partial charge in [-0.3, -0.25) is 4.79 Å². The number of rotatable bonds is 7. The van der Waals surface area contributed by atoms with Crippen LogP contribution in [-0.4, -0.2) is 19.0 Å². The average molecular weight is 351 g/mol. The summed E-state index contributed by atoms with van der Waals surface area (Å²) in [7, 11) is 0. The Morgan fingerprint density at radius 3 is 2.81 bits per heavy atom. The second-order valence-electron chi connectivity index (χ2n) is 5.36. The second kappa shape index (κ2) is 8.88. The largest absolute Gasteiger partial charge is 0.384 e. The molecule has 114 valence electrons. The van der Waals surface area contributed by atoms with Crippen molar-refractivity contribution in [1.29, 1.82) is 0 Å². The lowest BCUT2D eigenvalue weighted by Gasteiger charge is -2.13. The zero-order valence-corrected chi connectivity index (χ0v) is 13.9. The summed E-state index contributed by atoms with van der Waals surface area (Å²) < 4.78 is 1.02. The van der Waals surface area contributed by atoms with Gasteiger partial charge in [0.15, 0.2) is 0 Å². The number of para-hydroxylation sites is 1. The van der Waals surface area contributed by atoms with Crippen LogP contribution in [0.3, 0.4) is 0 Å². The van der Waals surface area contributed by atoms with E-state index in [1.165, 1.54) is 31.3 Å². The van der Waals surface area contributed by atoms with Crippen LogP contribution in [-0.2, 0) is 4.79 Å². The molecular formula is C17H23BrN2O. The zero-order chi connectivity index (χ0) is 14.9. The molecule has 0 spiro atoms. The van der Waals surface area contributed by atoms with Crippen molar-refractivity contribution in [3.63, 3.8) is 0 Å². The molecule has 1 aromatic rings. The Balaban J connectivity index is 1.59. The van der Waals surface area contributed by atoms with E-state index in [1.807, 2.05) is 24.3 Å². The Hall–Kier alpha value is -1.29. The van der Waals surface area contributed by atoms with Crippen molar-refractivity contribution in [1.82, 2.24) is 5.32 Å². The summed E-state index contributed by atoms with van der Waals surface area (Å²) >= 11 is 3.48. The van der Waals surface area contributed by atoms with E-state index in [0.717, 1.165) is 23.1 Å². The molecule has 1 aliphatic rings. The van der Waals surface area contributed by atoms with E-state index in [1.54, 1.807) is 0 Å².